The standard InChI is InChI=1S/C35H23N5/c1-2-12-25(13-3-1)39-29-17-7-6-16-28(29)33-30(39)19-20-31-34(33)38-35(40(31)32-18-8-9-22-37-32)27-15-5-4-14-26(27)24-11-10-21-36-23-24/h1-23H. The number of imidazole rings is 1. The van der Waals surface area contributed by atoms with Crippen LogP contribution < -0.4 is 0 Å². The number of benzene rings is 4. The quantitative estimate of drug-likeness (QED) is 0.238. The van der Waals surface area contributed by atoms with E-state index in [1.165, 1.54) is 5.39 Å². The van der Waals surface area contributed by atoms with E-state index in [1.807, 2.05) is 36.7 Å². The van der Waals surface area contributed by atoms with Crippen LogP contribution in [0.4, 0.5) is 0 Å². The molecule has 0 aliphatic rings. The third kappa shape index (κ3) is 3.38. The van der Waals surface area contributed by atoms with Crippen LogP contribution in [0.1, 0.15) is 0 Å². The van der Waals surface area contributed by atoms with Gasteiger partial charge < -0.3 is 4.57 Å². The summed E-state index contributed by atoms with van der Waals surface area (Å²) < 4.78 is 4.51. The lowest BCUT2D eigenvalue weighted by atomic mass is 10.0. The summed E-state index contributed by atoms with van der Waals surface area (Å²) >= 11 is 0. The van der Waals surface area contributed by atoms with Gasteiger partial charge in [0.05, 0.1) is 22.1 Å². The highest BCUT2D eigenvalue weighted by Gasteiger charge is 2.22. The Morgan fingerprint density at radius 3 is 2.12 bits per heavy atom. The summed E-state index contributed by atoms with van der Waals surface area (Å²) in [5.74, 6) is 1.67. The number of nitrogens with zero attached hydrogens (tertiary/aromatic N) is 5. The number of fused-ring (bicyclic) bond motifs is 5. The Balaban J connectivity index is 1.52. The zero-order valence-electron chi connectivity index (χ0n) is 21.5. The molecule has 0 spiro atoms. The number of hydrogen-bond donors (Lipinski definition) is 0. The molecule has 0 unspecified atom stereocenters. The molecule has 4 aromatic carbocycles. The van der Waals surface area contributed by atoms with E-state index in [2.05, 4.69) is 111 Å². The van der Waals surface area contributed by atoms with Crippen molar-refractivity contribution in [3.05, 3.63) is 140 Å². The van der Waals surface area contributed by atoms with Crippen molar-refractivity contribution in [1.82, 2.24) is 24.1 Å². The van der Waals surface area contributed by atoms with Crippen molar-refractivity contribution >= 4 is 32.8 Å². The maximum Gasteiger partial charge on any atom is 0.147 e. The largest absolute Gasteiger partial charge is 0.309 e. The van der Waals surface area contributed by atoms with Crippen LogP contribution in [0.2, 0.25) is 0 Å². The number of hydrogen-bond acceptors (Lipinski definition) is 3. The Morgan fingerprint density at radius 2 is 1.30 bits per heavy atom. The van der Waals surface area contributed by atoms with Crippen LogP contribution in [0, 0.1) is 0 Å². The molecule has 0 saturated heterocycles. The summed E-state index contributed by atoms with van der Waals surface area (Å²) in [7, 11) is 0. The van der Waals surface area contributed by atoms with Crippen molar-refractivity contribution in [1.29, 1.82) is 0 Å². The maximum atomic E-state index is 5.42. The van der Waals surface area contributed by atoms with Crippen molar-refractivity contribution in [2.75, 3.05) is 0 Å². The van der Waals surface area contributed by atoms with E-state index < -0.39 is 0 Å². The highest BCUT2D eigenvalue weighted by atomic mass is 15.1. The predicted molar refractivity (Wildman–Crippen MR) is 162 cm³/mol. The number of aromatic nitrogens is 5. The van der Waals surface area contributed by atoms with Gasteiger partial charge in [-0.05, 0) is 54.1 Å². The summed E-state index contributed by atoms with van der Waals surface area (Å²) in [6, 6.07) is 41.9. The highest BCUT2D eigenvalue weighted by Crippen LogP contribution is 2.40. The van der Waals surface area contributed by atoms with Gasteiger partial charge in [0.25, 0.3) is 0 Å². The fraction of sp³-hybridized carbons (Fsp3) is 0. The SMILES string of the molecule is c1ccc(-n2c3ccccc3c3c4nc(-c5ccccc5-c5cccnc5)n(-c5ccccn5)c4ccc32)cc1. The number of rotatable bonds is 4. The Hall–Kier alpha value is -5.55. The topological polar surface area (TPSA) is 48.5 Å². The molecule has 0 fully saturated rings. The van der Waals surface area contributed by atoms with Crippen LogP contribution in [0.25, 0.3) is 66.9 Å². The van der Waals surface area contributed by atoms with Crippen LogP contribution in [-0.2, 0) is 0 Å². The van der Waals surface area contributed by atoms with E-state index in [1.54, 1.807) is 6.20 Å². The summed E-state index contributed by atoms with van der Waals surface area (Å²) in [6.07, 6.45) is 5.53. The van der Waals surface area contributed by atoms with E-state index in [4.69, 9.17) is 9.97 Å². The fourth-order valence-corrected chi connectivity index (χ4v) is 5.80. The minimum atomic E-state index is 0.826. The number of pyridine rings is 2. The molecule has 0 saturated carbocycles. The Labute approximate surface area is 230 Å². The van der Waals surface area contributed by atoms with Gasteiger partial charge in [0, 0.05) is 46.2 Å². The Morgan fingerprint density at radius 1 is 0.525 bits per heavy atom. The highest BCUT2D eigenvalue weighted by molar-refractivity contribution is 6.20. The first kappa shape index (κ1) is 22.4. The molecule has 4 heterocycles. The first-order chi connectivity index (χ1) is 19.9. The first-order valence-corrected chi connectivity index (χ1v) is 13.3. The van der Waals surface area contributed by atoms with Crippen molar-refractivity contribution in [2.45, 2.75) is 0 Å². The molecule has 5 heteroatoms. The predicted octanol–water partition coefficient (Wildman–Crippen LogP) is 8.25. The van der Waals surface area contributed by atoms with Crippen molar-refractivity contribution < 1.29 is 0 Å². The molecule has 0 N–H and O–H groups in total. The molecule has 40 heavy (non-hydrogen) atoms. The normalized spacial score (nSPS) is 11.5. The molecule has 188 valence electrons. The molecule has 0 atom stereocenters. The second-order valence-corrected chi connectivity index (χ2v) is 9.76. The van der Waals surface area contributed by atoms with Gasteiger partial charge >= 0.3 is 0 Å². The Bertz CT molecular complexity index is 2140. The molecular weight excluding hydrogens is 490 g/mol. The second-order valence-electron chi connectivity index (χ2n) is 9.76. The van der Waals surface area contributed by atoms with Crippen LogP contribution in [0.5, 0.6) is 0 Å². The van der Waals surface area contributed by atoms with Crippen LogP contribution in [0.15, 0.2) is 140 Å². The maximum absolute atomic E-state index is 5.42. The average molecular weight is 514 g/mol. The van der Waals surface area contributed by atoms with Gasteiger partial charge in [0.2, 0.25) is 0 Å². The third-order valence-corrected chi connectivity index (χ3v) is 7.49. The van der Waals surface area contributed by atoms with Gasteiger partial charge in [-0.1, -0.05) is 72.8 Å². The van der Waals surface area contributed by atoms with Gasteiger partial charge in [-0.15, -0.1) is 0 Å². The first-order valence-electron chi connectivity index (χ1n) is 13.3. The minimum absolute atomic E-state index is 0.826. The molecule has 0 amide bonds. The van der Waals surface area contributed by atoms with Gasteiger partial charge in [-0.3, -0.25) is 9.55 Å². The molecule has 0 aliphatic carbocycles. The van der Waals surface area contributed by atoms with Crippen molar-refractivity contribution in [3.8, 4) is 34.0 Å². The van der Waals surface area contributed by atoms with E-state index in [0.717, 1.165) is 61.5 Å². The molecule has 0 aliphatic heterocycles. The van der Waals surface area contributed by atoms with Gasteiger partial charge in [0.15, 0.2) is 0 Å². The van der Waals surface area contributed by atoms with E-state index >= 15 is 0 Å². The van der Waals surface area contributed by atoms with E-state index in [0.29, 0.717) is 0 Å². The van der Waals surface area contributed by atoms with Crippen LogP contribution in [-0.4, -0.2) is 24.1 Å². The van der Waals surface area contributed by atoms with E-state index in [-0.39, 0.29) is 0 Å². The fourth-order valence-electron chi connectivity index (χ4n) is 5.80. The smallest absolute Gasteiger partial charge is 0.147 e. The summed E-state index contributed by atoms with van der Waals surface area (Å²) in [5, 5.41) is 2.30. The summed E-state index contributed by atoms with van der Waals surface area (Å²) in [6.45, 7) is 0. The summed E-state index contributed by atoms with van der Waals surface area (Å²) in [5.41, 5.74) is 8.51. The lowest BCUT2D eigenvalue weighted by Crippen LogP contribution is -2.00. The molecule has 0 radical (unpaired) electrons. The molecule has 4 aromatic heterocycles. The average Bonchev–Trinajstić information content (AvgIpc) is 3.58. The molecular formula is C35H23N5. The van der Waals surface area contributed by atoms with Crippen LogP contribution >= 0.6 is 0 Å². The molecule has 0 bridgehead atoms. The van der Waals surface area contributed by atoms with Gasteiger partial charge in [-0.25, -0.2) is 9.97 Å². The second kappa shape index (κ2) is 9.03. The molecule has 8 aromatic rings. The van der Waals surface area contributed by atoms with E-state index in [9.17, 15) is 0 Å². The third-order valence-electron chi connectivity index (χ3n) is 7.49. The van der Waals surface area contributed by atoms with Crippen LogP contribution in [0.3, 0.4) is 0 Å². The van der Waals surface area contributed by atoms with Crippen molar-refractivity contribution in [2.24, 2.45) is 0 Å². The summed E-state index contributed by atoms with van der Waals surface area (Å²) in [4.78, 5) is 14.6. The van der Waals surface area contributed by atoms with Crippen molar-refractivity contribution in [3.63, 3.8) is 0 Å². The Kier molecular flexibility index (Phi) is 5.07. The zero-order valence-corrected chi connectivity index (χ0v) is 21.5. The molecule has 5 nitrogen and oxygen atoms in total. The zero-order chi connectivity index (χ0) is 26.5. The van der Waals surface area contributed by atoms with Gasteiger partial charge in [-0.2, -0.15) is 0 Å². The number of para-hydroxylation sites is 2. The lowest BCUT2D eigenvalue weighted by molar-refractivity contribution is 1.03. The lowest BCUT2D eigenvalue weighted by Gasteiger charge is -2.12. The minimum Gasteiger partial charge on any atom is -0.309 e. The monoisotopic (exact) mass is 513 g/mol. The van der Waals surface area contributed by atoms with Gasteiger partial charge in [0.1, 0.15) is 11.6 Å². The molecule has 8 rings (SSSR count).